The number of furan rings is 1. The van der Waals surface area contributed by atoms with Gasteiger partial charge in [0, 0.05) is 35.1 Å². The average Bonchev–Trinajstić information content (AvgIpc) is 2.97. The predicted molar refractivity (Wildman–Crippen MR) is 130 cm³/mol. The van der Waals surface area contributed by atoms with Crippen molar-refractivity contribution in [1.29, 1.82) is 0 Å². The van der Waals surface area contributed by atoms with E-state index < -0.39 is 15.9 Å². The monoisotopic (exact) mass is 482 g/mol. The van der Waals surface area contributed by atoms with Gasteiger partial charge in [-0.3, -0.25) is 4.79 Å². The van der Waals surface area contributed by atoms with Crippen molar-refractivity contribution in [1.82, 2.24) is 4.31 Å². The lowest BCUT2D eigenvalue weighted by Gasteiger charge is -2.21. The van der Waals surface area contributed by atoms with E-state index in [9.17, 15) is 13.2 Å². The second kappa shape index (κ2) is 8.82. The lowest BCUT2D eigenvalue weighted by atomic mass is 10.1. The zero-order valence-corrected chi connectivity index (χ0v) is 19.5. The van der Waals surface area contributed by atoms with Crippen molar-refractivity contribution in [3.8, 4) is 0 Å². The molecule has 0 atom stereocenters. The van der Waals surface area contributed by atoms with Crippen LogP contribution in [0.25, 0.3) is 21.9 Å². The molecule has 0 radical (unpaired) electrons. The minimum absolute atomic E-state index is 0.0324. The van der Waals surface area contributed by atoms with Crippen LogP contribution in [0.5, 0.6) is 0 Å². The third-order valence-electron chi connectivity index (χ3n) is 6.01. The number of nitrogens with one attached hydrogen (secondary N) is 1. The largest absolute Gasteiger partial charge is 0.456 e. The maximum Gasteiger partial charge on any atom is 0.255 e. The molecule has 0 saturated carbocycles. The molecule has 5 rings (SSSR count). The Bertz CT molecular complexity index is 1450. The molecule has 0 spiro atoms. The van der Waals surface area contributed by atoms with Gasteiger partial charge in [-0.15, -0.1) is 0 Å². The highest BCUT2D eigenvalue weighted by atomic mass is 35.5. The van der Waals surface area contributed by atoms with Crippen LogP contribution in [0.4, 0.5) is 5.69 Å². The lowest BCUT2D eigenvalue weighted by Crippen LogP contribution is -2.32. The molecule has 1 saturated heterocycles. The molecular weight excluding hydrogens is 460 g/mol. The van der Waals surface area contributed by atoms with Gasteiger partial charge in [0.2, 0.25) is 10.0 Å². The molecule has 0 unspecified atom stereocenters. The molecule has 1 aliphatic rings. The number of sulfonamides is 1. The number of carbonyl (C=O) groups excluding carboxylic acids is 1. The zero-order valence-electron chi connectivity index (χ0n) is 17.9. The van der Waals surface area contributed by atoms with E-state index in [4.69, 9.17) is 16.0 Å². The summed E-state index contributed by atoms with van der Waals surface area (Å²) in [5.74, 6) is -0.411. The van der Waals surface area contributed by atoms with Gasteiger partial charge in [-0.05, 0) is 55.3 Å². The Hall–Kier alpha value is -2.87. The van der Waals surface area contributed by atoms with Crippen LogP contribution in [0.3, 0.4) is 0 Å². The Morgan fingerprint density at radius 1 is 0.879 bits per heavy atom. The van der Waals surface area contributed by atoms with Gasteiger partial charge in [-0.2, -0.15) is 4.31 Å². The van der Waals surface area contributed by atoms with E-state index in [2.05, 4.69) is 5.32 Å². The van der Waals surface area contributed by atoms with Gasteiger partial charge in [0.25, 0.3) is 5.91 Å². The SMILES string of the molecule is O=C(Nc1ccc2oc3ccccc3c2c1)c1ccc(Cl)c(S(=O)(=O)N2CCCCCC2)c1. The number of halogens is 1. The van der Waals surface area contributed by atoms with Gasteiger partial charge in [0.15, 0.2) is 0 Å². The van der Waals surface area contributed by atoms with Crippen LogP contribution in [-0.4, -0.2) is 31.7 Å². The van der Waals surface area contributed by atoms with Gasteiger partial charge in [0.1, 0.15) is 16.1 Å². The molecule has 1 fully saturated rings. The quantitative estimate of drug-likeness (QED) is 0.383. The summed E-state index contributed by atoms with van der Waals surface area (Å²) in [6.07, 6.45) is 3.67. The van der Waals surface area contributed by atoms with Crippen molar-refractivity contribution in [2.75, 3.05) is 18.4 Å². The number of rotatable bonds is 4. The molecule has 1 N–H and O–H groups in total. The van der Waals surface area contributed by atoms with Crippen LogP contribution in [0.15, 0.2) is 70.0 Å². The fourth-order valence-electron chi connectivity index (χ4n) is 4.27. The smallest absolute Gasteiger partial charge is 0.255 e. The van der Waals surface area contributed by atoms with Crippen LogP contribution in [-0.2, 0) is 10.0 Å². The van der Waals surface area contributed by atoms with Gasteiger partial charge >= 0.3 is 0 Å². The number of benzene rings is 3. The third-order valence-corrected chi connectivity index (χ3v) is 8.39. The number of anilines is 1. The Balaban J connectivity index is 1.44. The van der Waals surface area contributed by atoms with E-state index in [-0.39, 0.29) is 15.5 Å². The van der Waals surface area contributed by atoms with Gasteiger partial charge in [-0.25, -0.2) is 8.42 Å². The maximum atomic E-state index is 13.2. The first-order valence-corrected chi connectivity index (χ1v) is 12.8. The van der Waals surface area contributed by atoms with Crippen molar-refractivity contribution < 1.29 is 17.6 Å². The second-order valence-electron chi connectivity index (χ2n) is 8.23. The molecule has 2 heterocycles. The number of nitrogens with zero attached hydrogens (tertiary/aromatic N) is 1. The van der Waals surface area contributed by atoms with E-state index >= 15 is 0 Å². The van der Waals surface area contributed by atoms with E-state index in [1.54, 1.807) is 6.07 Å². The standard InChI is InChI=1S/C25H23ClN2O4S/c26-21-11-9-17(15-24(21)33(30,31)28-13-5-1-2-6-14-28)25(29)27-18-10-12-23-20(16-18)19-7-3-4-8-22(19)32-23/h3-4,7-12,15-16H,1-2,5-6,13-14H2,(H,27,29). The Kier molecular flexibility index (Phi) is 5.86. The summed E-state index contributed by atoms with van der Waals surface area (Å²) in [5.41, 5.74) is 2.32. The molecule has 0 bridgehead atoms. The third kappa shape index (κ3) is 4.24. The number of amides is 1. The van der Waals surface area contributed by atoms with E-state index in [0.29, 0.717) is 18.8 Å². The normalized spacial score (nSPS) is 15.5. The molecule has 3 aromatic carbocycles. The van der Waals surface area contributed by atoms with Crippen LogP contribution in [0.2, 0.25) is 5.02 Å². The van der Waals surface area contributed by atoms with Crippen LogP contribution < -0.4 is 5.32 Å². The topological polar surface area (TPSA) is 79.6 Å². The number of hydrogen-bond acceptors (Lipinski definition) is 4. The van der Waals surface area contributed by atoms with Gasteiger partial charge in [0.05, 0.1) is 5.02 Å². The van der Waals surface area contributed by atoms with E-state index in [0.717, 1.165) is 47.6 Å². The molecular formula is C25H23ClN2O4S. The Labute approximate surface area is 197 Å². The summed E-state index contributed by atoms with van der Waals surface area (Å²) < 4.78 is 33.8. The minimum Gasteiger partial charge on any atom is -0.456 e. The molecule has 1 aromatic heterocycles. The molecule has 170 valence electrons. The fourth-order valence-corrected chi connectivity index (χ4v) is 6.29. The highest BCUT2D eigenvalue weighted by molar-refractivity contribution is 7.89. The Morgan fingerprint density at radius 2 is 1.61 bits per heavy atom. The number of para-hydroxylation sites is 1. The summed E-state index contributed by atoms with van der Waals surface area (Å²) >= 11 is 6.27. The van der Waals surface area contributed by atoms with Crippen LogP contribution >= 0.6 is 11.6 Å². The van der Waals surface area contributed by atoms with Crippen molar-refractivity contribution in [2.45, 2.75) is 30.6 Å². The molecule has 4 aromatic rings. The van der Waals surface area contributed by atoms with Gasteiger partial charge < -0.3 is 9.73 Å². The predicted octanol–water partition coefficient (Wildman–Crippen LogP) is 6.06. The number of fused-ring (bicyclic) bond motifs is 3. The maximum absolute atomic E-state index is 13.2. The first-order chi connectivity index (χ1) is 15.9. The summed E-state index contributed by atoms with van der Waals surface area (Å²) in [7, 11) is -3.78. The summed E-state index contributed by atoms with van der Waals surface area (Å²) in [6.45, 7) is 0.932. The molecule has 0 aliphatic carbocycles. The molecule has 8 heteroatoms. The van der Waals surface area contributed by atoms with Crippen molar-refractivity contribution in [3.05, 3.63) is 71.2 Å². The summed E-state index contributed by atoms with van der Waals surface area (Å²) in [5, 5.41) is 4.83. The number of hydrogen-bond donors (Lipinski definition) is 1. The summed E-state index contributed by atoms with van der Waals surface area (Å²) in [6, 6.07) is 17.5. The zero-order chi connectivity index (χ0) is 23.0. The molecule has 1 amide bonds. The first kappa shape index (κ1) is 21.9. The van der Waals surface area contributed by atoms with Crippen LogP contribution in [0, 0.1) is 0 Å². The van der Waals surface area contributed by atoms with Crippen molar-refractivity contribution in [3.63, 3.8) is 0 Å². The van der Waals surface area contributed by atoms with Gasteiger partial charge in [-0.1, -0.05) is 42.6 Å². The fraction of sp³-hybridized carbons (Fsp3) is 0.240. The second-order valence-corrected chi connectivity index (χ2v) is 10.5. The minimum atomic E-state index is -3.78. The molecule has 33 heavy (non-hydrogen) atoms. The highest BCUT2D eigenvalue weighted by Crippen LogP contribution is 2.31. The Morgan fingerprint density at radius 3 is 2.39 bits per heavy atom. The number of carbonyl (C=O) groups is 1. The van der Waals surface area contributed by atoms with Crippen molar-refractivity contribution >= 4 is 55.2 Å². The first-order valence-electron chi connectivity index (χ1n) is 11.0. The highest BCUT2D eigenvalue weighted by Gasteiger charge is 2.28. The van der Waals surface area contributed by atoms with E-state index in [1.165, 1.54) is 22.5 Å². The lowest BCUT2D eigenvalue weighted by molar-refractivity contribution is 0.102. The molecule has 6 nitrogen and oxygen atoms in total. The molecule has 1 aliphatic heterocycles. The summed E-state index contributed by atoms with van der Waals surface area (Å²) in [4.78, 5) is 13.0. The van der Waals surface area contributed by atoms with Crippen LogP contribution in [0.1, 0.15) is 36.0 Å². The van der Waals surface area contributed by atoms with Crippen molar-refractivity contribution in [2.24, 2.45) is 0 Å². The average molecular weight is 483 g/mol. The van der Waals surface area contributed by atoms with E-state index in [1.807, 2.05) is 36.4 Å².